The van der Waals surface area contributed by atoms with E-state index >= 15 is 0 Å². The van der Waals surface area contributed by atoms with Crippen molar-refractivity contribution < 1.29 is 122 Å². The standard InChI is InChI=1S/C77H128N16O25/c1-11-12-13-14-15-16-17-18-19-20-21-24-49(118-77(117)40(4)23-22-30-81-46(10)98)35-58(105)86-62(43(7)95)72(112)83-41(5)68(108)85-51(33-47-25-26-53(100)50(32-47)84-57(104)27-29-78)69(109)88-60(39(2)3)75(115)93-38-48(99)34-52(93)70(110)89-63(44(8)96)73(113)90-64(45(9)97)76(116)92-31-28-54(101)66(92)74(114)91-65(55(102)36-56(79)103)71(111)82-37-59(106)87-61(42(6)94)67(80)107/h25-26,32,39-45,48-49,51-52,54-55,60-66,94-97,99-102H,11-24,27-31,33-38,78H2,1-10H3,(H2,79,103)(H2,80,107)(H,81,98)(H,82,111)(H,83,112)(H,84,104)(H,85,108)(H,86,105)(H,87,106)(H,88,109)(H,89,110)(H,90,113)(H,91,114)/t40-,41+,42+,43+,44+,45+,48+,49+,51-,52-,54-,55+,60-,61+,62+,63+,64-,65-,66-/m0/s1. The minimum atomic E-state index is -2.15. The Morgan fingerprint density at radius 2 is 1.11 bits per heavy atom. The molecule has 2 heterocycles. The molecule has 41 heteroatoms. The van der Waals surface area contributed by atoms with Crippen LogP contribution < -0.4 is 75.7 Å². The van der Waals surface area contributed by atoms with E-state index in [-0.39, 0.29) is 36.5 Å². The quantitative estimate of drug-likeness (QED) is 0.0164. The number of nitrogens with one attached hydrogen (secondary N) is 11. The van der Waals surface area contributed by atoms with Crippen LogP contribution in [-0.4, -0.2) is 287 Å². The summed E-state index contributed by atoms with van der Waals surface area (Å²) in [6, 6.07) is -14.3. The molecule has 0 spiro atoms. The number of ether oxygens (including phenoxy) is 1. The Morgan fingerprint density at radius 1 is 0.559 bits per heavy atom. The molecule has 666 valence electrons. The number of hydrogen-bond donors (Lipinski definition) is 22. The zero-order valence-electron chi connectivity index (χ0n) is 69.1. The van der Waals surface area contributed by atoms with Crippen molar-refractivity contribution in [3.8, 4) is 5.75 Å². The molecule has 118 heavy (non-hydrogen) atoms. The average Bonchev–Trinajstić information content (AvgIpc) is 1.73. The van der Waals surface area contributed by atoms with Crippen molar-refractivity contribution in [2.75, 3.05) is 38.0 Å². The molecule has 3 rings (SSSR count). The van der Waals surface area contributed by atoms with Gasteiger partial charge in [0.1, 0.15) is 72.3 Å². The highest BCUT2D eigenvalue weighted by molar-refractivity contribution is 6.00. The first-order valence-electron chi connectivity index (χ1n) is 40.3. The molecule has 15 amide bonds. The number of likely N-dealkylation sites (tertiary alicyclic amines) is 2. The van der Waals surface area contributed by atoms with Crippen LogP contribution >= 0.6 is 0 Å². The molecule has 2 aliphatic heterocycles. The van der Waals surface area contributed by atoms with Crippen molar-refractivity contribution in [2.45, 2.75) is 307 Å². The Kier molecular flexibility index (Phi) is 44.7. The number of esters is 1. The molecule has 2 saturated heterocycles. The molecular formula is C77H128N16O25. The second-order valence-electron chi connectivity index (χ2n) is 30.9. The van der Waals surface area contributed by atoms with Gasteiger partial charge >= 0.3 is 5.97 Å². The van der Waals surface area contributed by atoms with Crippen LogP contribution in [-0.2, 0) is 87.9 Å². The van der Waals surface area contributed by atoms with Gasteiger partial charge in [-0.1, -0.05) is 98.0 Å². The van der Waals surface area contributed by atoms with Crippen LogP contribution in [0.2, 0.25) is 0 Å². The van der Waals surface area contributed by atoms with Gasteiger partial charge in [-0.05, 0) is 90.3 Å². The van der Waals surface area contributed by atoms with E-state index in [1.165, 1.54) is 78.5 Å². The third kappa shape index (κ3) is 34.7. The largest absolute Gasteiger partial charge is 0.506 e. The number of phenolic OH excluding ortho intramolecular Hbond substituents is 1. The van der Waals surface area contributed by atoms with Crippen molar-refractivity contribution >= 4 is 100 Å². The predicted octanol–water partition coefficient (Wildman–Crippen LogP) is -5.38. The Labute approximate surface area is 686 Å². The fourth-order valence-electron chi connectivity index (χ4n) is 13.3. The van der Waals surface area contributed by atoms with E-state index in [0.717, 1.165) is 64.2 Å². The number of anilines is 1. The minimum absolute atomic E-state index is 0.0631. The van der Waals surface area contributed by atoms with Crippen LogP contribution in [0, 0.1) is 11.8 Å². The Morgan fingerprint density at radius 3 is 1.67 bits per heavy atom. The number of benzene rings is 1. The number of β-amino-alcohol motifs (C(OH)–C–C–N with tert-alkyl or cyclic N) is 1. The second kappa shape index (κ2) is 51.5. The summed E-state index contributed by atoms with van der Waals surface area (Å²) >= 11 is 0. The van der Waals surface area contributed by atoms with Gasteiger partial charge in [0.15, 0.2) is 0 Å². The Balaban J connectivity index is 1.91. The van der Waals surface area contributed by atoms with Crippen LogP contribution in [0.15, 0.2) is 18.2 Å². The number of aliphatic hydroxyl groups excluding tert-OH is 7. The summed E-state index contributed by atoms with van der Waals surface area (Å²) in [6.45, 7) is 12.1. The van der Waals surface area contributed by atoms with Gasteiger partial charge in [0.25, 0.3) is 0 Å². The van der Waals surface area contributed by atoms with Crippen LogP contribution in [0.25, 0.3) is 0 Å². The molecule has 0 unspecified atom stereocenters. The summed E-state index contributed by atoms with van der Waals surface area (Å²) in [5.41, 5.74) is 16.1. The van der Waals surface area contributed by atoms with Gasteiger partial charge in [-0.25, -0.2) is 0 Å². The van der Waals surface area contributed by atoms with Gasteiger partial charge in [-0.3, -0.25) is 76.7 Å². The number of aliphatic hydroxyl groups is 7. The average molecular weight is 1680 g/mol. The number of carbonyl (C=O) groups is 16. The van der Waals surface area contributed by atoms with Gasteiger partial charge in [-0.2, -0.15) is 0 Å². The minimum Gasteiger partial charge on any atom is -0.506 e. The molecule has 1 aromatic rings. The van der Waals surface area contributed by atoms with E-state index in [9.17, 15) is 118 Å². The summed E-state index contributed by atoms with van der Waals surface area (Å²) in [6.07, 6.45) is -3.29. The lowest BCUT2D eigenvalue weighted by Gasteiger charge is -2.34. The summed E-state index contributed by atoms with van der Waals surface area (Å²) in [4.78, 5) is 218. The number of phenols is 1. The molecule has 0 bridgehead atoms. The molecule has 0 aromatic heterocycles. The summed E-state index contributed by atoms with van der Waals surface area (Å²) < 4.78 is 5.89. The predicted molar refractivity (Wildman–Crippen MR) is 424 cm³/mol. The van der Waals surface area contributed by atoms with Gasteiger partial charge in [0, 0.05) is 52.4 Å². The Hall–Kier alpha value is -9.78. The van der Waals surface area contributed by atoms with Crippen molar-refractivity contribution in [2.24, 2.45) is 29.0 Å². The van der Waals surface area contributed by atoms with Crippen LogP contribution in [0.3, 0.4) is 0 Å². The van der Waals surface area contributed by atoms with E-state index < -0.39 is 261 Å². The fraction of sp³-hybridized carbons (Fsp3) is 0.714. The number of hydrogen-bond acceptors (Lipinski definition) is 26. The Bertz CT molecular complexity index is 3550. The molecule has 19 atom stereocenters. The van der Waals surface area contributed by atoms with Crippen LogP contribution in [0.4, 0.5) is 5.69 Å². The maximum atomic E-state index is 14.9. The van der Waals surface area contributed by atoms with Gasteiger partial charge in [-0.15, -0.1) is 0 Å². The van der Waals surface area contributed by atoms with Gasteiger partial charge < -0.3 is 131 Å². The zero-order valence-corrected chi connectivity index (χ0v) is 69.1. The highest BCUT2D eigenvalue weighted by atomic mass is 16.5. The van der Waals surface area contributed by atoms with Crippen molar-refractivity contribution in [1.29, 1.82) is 0 Å². The highest BCUT2D eigenvalue weighted by Crippen LogP contribution is 2.28. The number of aromatic hydroxyl groups is 1. The molecule has 0 saturated carbocycles. The SMILES string of the molecule is CCCCCCCCCCCCC[C@H](CC(=O)N[C@@H](C(=O)N[C@H](C)C(=O)N[C@@H](Cc1ccc(O)c(NC(=O)CCN)c1)C(=O)N[C@H](C(=O)N1C[C@H](O)C[C@H]1C(=O)N[C@@H](C(=O)N[C@H](C(=O)N1CC[C@H](O)[C@H]1C(=O)N[C@H](C(=O)NCC(=O)N[C@@H](C(N)=O)[C@@H](C)O)[C@H](O)CC(N)=O)[C@@H](C)O)[C@@H](C)O)C(C)C)[C@@H](C)O)OC(=O)[C@@H](C)CCCNC(C)=O. The first-order valence-corrected chi connectivity index (χ1v) is 40.3. The van der Waals surface area contributed by atoms with Crippen molar-refractivity contribution in [1.82, 2.24) is 63.0 Å². The maximum Gasteiger partial charge on any atom is 0.308 e. The second-order valence-corrected chi connectivity index (χ2v) is 30.9. The number of amides is 15. The first-order chi connectivity index (χ1) is 55.4. The first kappa shape index (κ1) is 102. The molecule has 25 N–H and O–H groups in total. The van der Waals surface area contributed by atoms with E-state index in [1.807, 2.05) is 0 Å². The number of nitrogens with zero attached hydrogens (tertiary/aromatic N) is 2. The third-order valence-corrected chi connectivity index (χ3v) is 20.1. The topological polar surface area (TPSA) is 661 Å². The zero-order chi connectivity index (χ0) is 89.0. The normalized spacial score (nSPS) is 19.0. The number of rotatable bonds is 53. The van der Waals surface area contributed by atoms with Crippen molar-refractivity contribution in [3.05, 3.63) is 23.8 Å². The fourth-order valence-corrected chi connectivity index (χ4v) is 13.3. The van der Waals surface area contributed by atoms with Crippen LogP contribution in [0.1, 0.15) is 197 Å². The van der Waals surface area contributed by atoms with E-state index in [2.05, 4.69) is 65.4 Å². The number of primary amides is 2. The lowest BCUT2D eigenvalue weighted by atomic mass is 9.99. The lowest BCUT2D eigenvalue weighted by molar-refractivity contribution is -0.155. The van der Waals surface area contributed by atoms with E-state index in [1.54, 1.807) is 6.92 Å². The molecule has 1 aromatic carbocycles. The molecule has 2 fully saturated rings. The highest BCUT2D eigenvalue weighted by Gasteiger charge is 2.48. The molecule has 41 nitrogen and oxygen atoms in total. The molecule has 0 radical (unpaired) electrons. The number of carbonyl (C=O) groups excluding carboxylic acids is 16. The lowest BCUT2D eigenvalue weighted by Crippen LogP contribution is -2.64. The van der Waals surface area contributed by atoms with E-state index in [4.69, 9.17) is 21.9 Å². The van der Waals surface area contributed by atoms with Crippen LogP contribution in [0.5, 0.6) is 5.75 Å². The van der Waals surface area contributed by atoms with Gasteiger partial charge in [0.05, 0.1) is 73.7 Å². The smallest absolute Gasteiger partial charge is 0.308 e. The number of unbranched alkanes of at least 4 members (excludes halogenated alkanes) is 10. The van der Waals surface area contributed by atoms with Crippen molar-refractivity contribution in [3.63, 3.8) is 0 Å². The van der Waals surface area contributed by atoms with E-state index in [0.29, 0.717) is 37.1 Å². The summed E-state index contributed by atoms with van der Waals surface area (Å²) in [7, 11) is 0. The molecule has 2 aliphatic rings. The summed E-state index contributed by atoms with van der Waals surface area (Å²) in [5.74, 6) is -18.2. The molecule has 0 aliphatic carbocycles. The summed E-state index contributed by atoms with van der Waals surface area (Å²) in [5, 5.41) is 113. The monoisotopic (exact) mass is 1680 g/mol. The third-order valence-electron chi connectivity index (χ3n) is 20.1. The molecular weight excluding hydrogens is 1550 g/mol. The number of nitrogens with two attached hydrogens (primary N) is 3. The van der Waals surface area contributed by atoms with Gasteiger partial charge in [0.2, 0.25) is 88.6 Å². The maximum absolute atomic E-state index is 14.9.